The normalized spacial score (nSPS) is 27.5. The van der Waals surface area contributed by atoms with E-state index in [4.69, 9.17) is 10.5 Å². The van der Waals surface area contributed by atoms with Crippen LogP contribution in [-0.2, 0) is 14.9 Å². The van der Waals surface area contributed by atoms with Gasteiger partial charge in [0.15, 0.2) is 0 Å². The lowest BCUT2D eigenvalue weighted by atomic mass is 10.2. The molecule has 0 saturated carbocycles. The largest absolute Gasteiger partial charge is 0.379 e. The average molecular weight is 221 g/mol. The van der Waals surface area contributed by atoms with E-state index >= 15 is 0 Å². The second-order valence-electron chi connectivity index (χ2n) is 3.60. The van der Waals surface area contributed by atoms with Crippen molar-refractivity contribution < 1.29 is 13.2 Å². The van der Waals surface area contributed by atoms with Gasteiger partial charge < -0.3 is 10.5 Å². The maximum Gasteiger partial charge on any atom is 0.282 e. The van der Waals surface area contributed by atoms with Crippen LogP contribution in [0.3, 0.4) is 0 Å². The van der Waals surface area contributed by atoms with Crippen LogP contribution in [0, 0.1) is 0 Å². The van der Waals surface area contributed by atoms with Crippen molar-refractivity contribution in [1.29, 1.82) is 0 Å². The summed E-state index contributed by atoms with van der Waals surface area (Å²) in [6.07, 6.45) is 0. The van der Waals surface area contributed by atoms with E-state index in [1.165, 1.54) is 8.61 Å². The summed E-state index contributed by atoms with van der Waals surface area (Å²) in [5, 5.41) is 0. The highest BCUT2D eigenvalue weighted by Crippen LogP contribution is 2.16. The Labute approximate surface area is 83.8 Å². The van der Waals surface area contributed by atoms with E-state index in [1.807, 2.05) is 0 Å². The second-order valence-corrected chi connectivity index (χ2v) is 5.52. The zero-order chi connectivity index (χ0) is 10.2. The van der Waals surface area contributed by atoms with Crippen LogP contribution in [-0.4, -0.2) is 62.5 Å². The number of morpholine rings is 1. The van der Waals surface area contributed by atoms with Gasteiger partial charge in [-0.1, -0.05) is 0 Å². The third-order valence-electron chi connectivity index (χ3n) is 2.50. The summed E-state index contributed by atoms with van der Waals surface area (Å²) >= 11 is 0. The molecule has 6 nitrogen and oxygen atoms in total. The summed E-state index contributed by atoms with van der Waals surface area (Å²) in [7, 11) is -3.25. The molecule has 0 atom stereocenters. The third kappa shape index (κ3) is 1.78. The smallest absolute Gasteiger partial charge is 0.282 e. The Morgan fingerprint density at radius 1 is 1.14 bits per heavy atom. The molecule has 2 N–H and O–H groups in total. The van der Waals surface area contributed by atoms with Crippen LogP contribution in [0.5, 0.6) is 0 Å². The minimum absolute atomic E-state index is 0.00538. The fourth-order valence-electron chi connectivity index (χ4n) is 1.60. The van der Waals surface area contributed by atoms with Gasteiger partial charge >= 0.3 is 0 Å². The Morgan fingerprint density at radius 2 is 1.71 bits per heavy atom. The number of hydrogen-bond acceptors (Lipinski definition) is 4. The molecule has 0 aliphatic carbocycles. The molecular formula is C7H15N3O3S. The monoisotopic (exact) mass is 221 g/mol. The number of ether oxygens (including phenoxy) is 1. The first kappa shape index (κ1) is 10.3. The summed E-state index contributed by atoms with van der Waals surface area (Å²) in [5.74, 6) is 0. The molecule has 2 saturated heterocycles. The van der Waals surface area contributed by atoms with Gasteiger partial charge in [0, 0.05) is 32.2 Å². The molecule has 2 rings (SSSR count). The Morgan fingerprint density at radius 3 is 2.21 bits per heavy atom. The average Bonchev–Trinajstić information content (AvgIpc) is 2.14. The lowest BCUT2D eigenvalue weighted by Gasteiger charge is -2.39. The van der Waals surface area contributed by atoms with Gasteiger partial charge in [-0.3, -0.25) is 0 Å². The highest BCUT2D eigenvalue weighted by atomic mass is 32.2. The van der Waals surface area contributed by atoms with Crippen LogP contribution >= 0.6 is 0 Å². The van der Waals surface area contributed by atoms with Crippen molar-refractivity contribution >= 4 is 10.2 Å². The fraction of sp³-hybridized carbons (Fsp3) is 1.00. The maximum absolute atomic E-state index is 11.9. The number of rotatable bonds is 2. The SMILES string of the molecule is NC1CN(S(=O)(=O)N2CCOCC2)C1. The first-order valence-corrected chi connectivity index (χ1v) is 6.09. The summed E-state index contributed by atoms with van der Waals surface area (Å²) in [5.41, 5.74) is 5.55. The predicted molar refractivity (Wildman–Crippen MR) is 50.9 cm³/mol. The Kier molecular flexibility index (Phi) is 2.76. The van der Waals surface area contributed by atoms with E-state index in [1.54, 1.807) is 0 Å². The van der Waals surface area contributed by atoms with Crippen LogP contribution in [0.2, 0.25) is 0 Å². The number of hydrogen-bond donors (Lipinski definition) is 1. The topological polar surface area (TPSA) is 75.9 Å². The van der Waals surface area contributed by atoms with Gasteiger partial charge in [0.2, 0.25) is 0 Å². The highest BCUT2D eigenvalue weighted by molar-refractivity contribution is 7.86. The molecule has 0 radical (unpaired) electrons. The summed E-state index contributed by atoms with van der Waals surface area (Å²) < 4.78 is 31.7. The summed E-state index contributed by atoms with van der Waals surface area (Å²) in [6.45, 7) is 2.76. The molecule has 0 aromatic carbocycles. The molecule has 0 aromatic heterocycles. The molecular weight excluding hydrogens is 206 g/mol. The van der Waals surface area contributed by atoms with E-state index in [0.717, 1.165) is 0 Å². The van der Waals surface area contributed by atoms with E-state index in [0.29, 0.717) is 39.4 Å². The van der Waals surface area contributed by atoms with Gasteiger partial charge in [-0.05, 0) is 0 Å². The molecule has 0 bridgehead atoms. The minimum Gasteiger partial charge on any atom is -0.379 e. The Hall–Kier alpha value is -0.210. The van der Waals surface area contributed by atoms with Crippen LogP contribution in [0.1, 0.15) is 0 Å². The Bertz CT molecular complexity index is 293. The van der Waals surface area contributed by atoms with Crippen molar-refractivity contribution in [2.45, 2.75) is 6.04 Å². The van der Waals surface area contributed by atoms with E-state index in [2.05, 4.69) is 0 Å². The van der Waals surface area contributed by atoms with Crippen molar-refractivity contribution in [1.82, 2.24) is 8.61 Å². The van der Waals surface area contributed by atoms with Gasteiger partial charge in [0.25, 0.3) is 10.2 Å². The molecule has 7 heteroatoms. The van der Waals surface area contributed by atoms with Crippen LogP contribution in [0.15, 0.2) is 0 Å². The standard InChI is InChI=1S/C7H15N3O3S/c8-7-5-10(6-7)14(11,12)9-1-3-13-4-2-9/h7H,1-6,8H2. The number of nitrogens with two attached hydrogens (primary N) is 1. The third-order valence-corrected chi connectivity index (χ3v) is 4.47. The van der Waals surface area contributed by atoms with E-state index in [-0.39, 0.29) is 6.04 Å². The highest BCUT2D eigenvalue weighted by Gasteiger charge is 2.37. The molecule has 2 fully saturated rings. The molecule has 2 heterocycles. The van der Waals surface area contributed by atoms with Crippen LogP contribution < -0.4 is 5.73 Å². The van der Waals surface area contributed by atoms with Crippen molar-refractivity contribution in [3.63, 3.8) is 0 Å². The van der Waals surface area contributed by atoms with Gasteiger partial charge in [-0.2, -0.15) is 17.0 Å². The quantitative estimate of drug-likeness (QED) is 0.597. The lowest BCUT2D eigenvalue weighted by Crippen LogP contribution is -2.61. The zero-order valence-corrected chi connectivity index (χ0v) is 8.74. The molecule has 14 heavy (non-hydrogen) atoms. The van der Waals surface area contributed by atoms with E-state index < -0.39 is 10.2 Å². The van der Waals surface area contributed by atoms with Gasteiger partial charge in [-0.15, -0.1) is 0 Å². The summed E-state index contributed by atoms with van der Waals surface area (Å²) in [6, 6.07) is 0.00538. The molecule has 2 aliphatic heterocycles. The molecule has 0 aromatic rings. The maximum atomic E-state index is 11.9. The fourth-order valence-corrected chi connectivity index (χ4v) is 3.30. The Balaban J connectivity index is 2.00. The van der Waals surface area contributed by atoms with Gasteiger partial charge in [0.05, 0.1) is 13.2 Å². The molecule has 0 unspecified atom stereocenters. The van der Waals surface area contributed by atoms with Crippen molar-refractivity contribution in [2.75, 3.05) is 39.4 Å². The lowest BCUT2D eigenvalue weighted by molar-refractivity contribution is 0.0681. The van der Waals surface area contributed by atoms with Crippen LogP contribution in [0.25, 0.3) is 0 Å². The molecule has 82 valence electrons. The van der Waals surface area contributed by atoms with Gasteiger partial charge in [-0.25, -0.2) is 0 Å². The predicted octanol–water partition coefficient (Wildman–Crippen LogP) is -1.79. The van der Waals surface area contributed by atoms with Crippen molar-refractivity contribution in [3.8, 4) is 0 Å². The first-order valence-electron chi connectivity index (χ1n) is 4.69. The molecule has 2 aliphatic rings. The van der Waals surface area contributed by atoms with E-state index in [9.17, 15) is 8.42 Å². The van der Waals surface area contributed by atoms with Gasteiger partial charge in [0.1, 0.15) is 0 Å². The zero-order valence-electron chi connectivity index (χ0n) is 7.92. The van der Waals surface area contributed by atoms with Crippen molar-refractivity contribution in [2.24, 2.45) is 5.73 Å². The second kappa shape index (κ2) is 3.74. The molecule has 0 amide bonds. The summed E-state index contributed by atoms with van der Waals surface area (Å²) in [4.78, 5) is 0. The first-order chi connectivity index (χ1) is 6.60. The molecule has 0 spiro atoms. The minimum atomic E-state index is -3.25. The number of nitrogens with zero attached hydrogens (tertiary/aromatic N) is 2. The van der Waals surface area contributed by atoms with Crippen molar-refractivity contribution in [3.05, 3.63) is 0 Å². The van der Waals surface area contributed by atoms with Crippen LogP contribution in [0.4, 0.5) is 0 Å².